The third-order valence-electron chi connectivity index (χ3n) is 4.14. The van der Waals surface area contributed by atoms with Crippen LogP contribution in [0, 0.1) is 0 Å². The van der Waals surface area contributed by atoms with Crippen LogP contribution in [0.3, 0.4) is 0 Å². The molecule has 0 aliphatic heterocycles. The van der Waals surface area contributed by atoms with Gasteiger partial charge in [0, 0.05) is 19.8 Å². The van der Waals surface area contributed by atoms with Crippen LogP contribution in [0.5, 0.6) is 0 Å². The molecule has 4 rings (SSSR count). The Hall–Kier alpha value is -3.05. The van der Waals surface area contributed by atoms with Crippen LogP contribution in [0.2, 0.25) is 0 Å². The zero-order valence-electron chi connectivity index (χ0n) is 14.3. The Morgan fingerprint density at radius 2 is 1.77 bits per heavy atom. The maximum atomic E-state index is 13.0. The van der Waals surface area contributed by atoms with Gasteiger partial charge in [-0.25, -0.2) is 4.98 Å². The summed E-state index contributed by atoms with van der Waals surface area (Å²) in [6, 6.07) is 21.5. The normalized spacial score (nSPS) is 10.8. The van der Waals surface area contributed by atoms with Crippen LogP contribution in [0.4, 0.5) is 0 Å². The van der Waals surface area contributed by atoms with Crippen molar-refractivity contribution in [2.45, 2.75) is 6.54 Å². The summed E-state index contributed by atoms with van der Waals surface area (Å²) in [4.78, 5) is 23.8. The third kappa shape index (κ3) is 3.21. The third-order valence-corrected chi connectivity index (χ3v) is 5.19. The van der Waals surface area contributed by atoms with Gasteiger partial charge < -0.3 is 4.90 Å². The van der Waals surface area contributed by atoms with Gasteiger partial charge in [-0.05, 0) is 29.8 Å². The molecule has 4 nitrogen and oxygen atoms in total. The molecule has 4 aromatic rings. The van der Waals surface area contributed by atoms with Crippen LogP contribution in [0.1, 0.15) is 15.9 Å². The molecular weight excluding hydrogens is 342 g/mol. The Morgan fingerprint density at radius 3 is 2.58 bits per heavy atom. The number of aromatic nitrogens is 2. The second-order valence-electron chi connectivity index (χ2n) is 6.03. The molecule has 5 heteroatoms. The molecule has 0 radical (unpaired) electrons. The summed E-state index contributed by atoms with van der Waals surface area (Å²) in [7, 11) is 1.81. The molecule has 1 amide bonds. The number of thiazole rings is 1. The molecule has 0 unspecified atom stereocenters. The number of hydrogen-bond donors (Lipinski definition) is 0. The Labute approximate surface area is 155 Å². The van der Waals surface area contributed by atoms with E-state index in [0.29, 0.717) is 17.8 Å². The van der Waals surface area contributed by atoms with Gasteiger partial charge >= 0.3 is 0 Å². The minimum Gasteiger partial charge on any atom is -0.337 e. The predicted molar refractivity (Wildman–Crippen MR) is 105 cm³/mol. The summed E-state index contributed by atoms with van der Waals surface area (Å²) in [6.07, 6.45) is 1.70. The molecule has 0 saturated carbocycles. The molecular formula is C21H17N3OS. The first-order chi connectivity index (χ1) is 12.7. The van der Waals surface area contributed by atoms with E-state index in [9.17, 15) is 4.79 Å². The monoisotopic (exact) mass is 359 g/mol. The summed E-state index contributed by atoms with van der Waals surface area (Å²) >= 11 is 1.55. The van der Waals surface area contributed by atoms with Crippen molar-refractivity contribution in [2.24, 2.45) is 0 Å². The van der Waals surface area contributed by atoms with Gasteiger partial charge in [-0.15, -0.1) is 11.3 Å². The molecule has 0 atom stereocenters. The number of carbonyl (C=O) groups is 1. The number of fused-ring (bicyclic) bond motifs is 1. The average Bonchev–Trinajstić information content (AvgIpc) is 3.12. The van der Waals surface area contributed by atoms with Crippen LogP contribution in [0.25, 0.3) is 20.9 Å². The van der Waals surface area contributed by atoms with E-state index in [1.54, 1.807) is 28.5 Å². The van der Waals surface area contributed by atoms with E-state index in [-0.39, 0.29) is 5.91 Å². The van der Waals surface area contributed by atoms with E-state index in [4.69, 9.17) is 0 Å². The molecule has 0 bridgehead atoms. The van der Waals surface area contributed by atoms with Gasteiger partial charge in [-0.2, -0.15) is 0 Å². The number of amides is 1. The van der Waals surface area contributed by atoms with Crippen molar-refractivity contribution in [3.63, 3.8) is 0 Å². The Bertz CT molecular complexity index is 1030. The number of carbonyl (C=O) groups excluding carboxylic acids is 1. The van der Waals surface area contributed by atoms with Crippen molar-refractivity contribution in [1.82, 2.24) is 14.9 Å². The minimum absolute atomic E-state index is 0.0591. The van der Waals surface area contributed by atoms with Gasteiger partial charge in [-0.1, -0.05) is 42.5 Å². The molecule has 0 N–H and O–H groups in total. The smallest absolute Gasteiger partial charge is 0.256 e. The lowest BCUT2D eigenvalue weighted by molar-refractivity contribution is 0.0785. The Kier molecular flexibility index (Phi) is 4.46. The summed E-state index contributed by atoms with van der Waals surface area (Å²) in [5.74, 6) is -0.0591. The van der Waals surface area contributed by atoms with E-state index >= 15 is 0 Å². The van der Waals surface area contributed by atoms with E-state index in [1.807, 2.05) is 67.7 Å². The van der Waals surface area contributed by atoms with Crippen molar-refractivity contribution in [1.29, 1.82) is 0 Å². The maximum Gasteiger partial charge on any atom is 0.256 e. The largest absolute Gasteiger partial charge is 0.337 e. The number of nitrogens with zero attached hydrogens (tertiary/aromatic N) is 3. The first-order valence-corrected chi connectivity index (χ1v) is 9.14. The van der Waals surface area contributed by atoms with E-state index in [1.165, 1.54) is 0 Å². The number of benzene rings is 2. The van der Waals surface area contributed by atoms with Crippen LogP contribution in [0.15, 0.2) is 72.9 Å². The fraction of sp³-hybridized carbons (Fsp3) is 0.0952. The average molecular weight is 359 g/mol. The zero-order chi connectivity index (χ0) is 17.9. The van der Waals surface area contributed by atoms with E-state index < -0.39 is 0 Å². The van der Waals surface area contributed by atoms with Crippen LogP contribution < -0.4 is 0 Å². The van der Waals surface area contributed by atoms with E-state index in [0.717, 1.165) is 20.8 Å². The van der Waals surface area contributed by atoms with Crippen molar-refractivity contribution < 1.29 is 4.79 Å². The minimum atomic E-state index is -0.0591. The maximum absolute atomic E-state index is 13.0. The highest BCUT2D eigenvalue weighted by molar-refractivity contribution is 7.21. The second-order valence-corrected chi connectivity index (χ2v) is 7.06. The number of rotatable bonds is 4. The lowest BCUT2D eigenvalue weighted by atomic mass is 10.1. The lowest BCUT2D eigenvalue weighted by Gasteiger charge is -2.18. The first kappa shape index (κ1) is 16.4. The standard InChI is InChI=1S/C21H17N3OS/c1-24(14-15-8-3-2-4-9-15)21(25)16-10-7-13-22-19(16)20-23-17-11-5-6-12-18(17)26-20/h2-13H,14H2,1H3. The molecule has 0 spiro atoms. The van der Waals surface area contributed by atoms with Crippen molar-refractivity contribution in [3.05, 3.63) is 84.1 Å². The molecule has 2 heterocycles. The molecule has 0 aliphatic carbocycles. The Balaban J connectivity index is 1.67. The predicted octanol–water partition coefficient (Wildman–Crippen LogP) is 4.63. The highest BCUT2D eigenvalue weighted by Gasteiger charge is 2.20. The first-order valence-electron chi connectivity index (χ1n) is 8.33. The Morgan fingerprint density at radius 1 is 1.00 bits per heavy atom. The van der Waals surface area contributed by atoms with E-state index in [2.05, 4.69) is 9.97 Å². The van der Waals surface area contributed by atoms with Gasteiger partial charge in [0.15, 0.2) is 0 Å². The number of hydrogen-bond acceptors (Lipinski definition) is 4. The van der Waals surface area contributed by atoms with Crippen LogP contribution in [-0.2, 0) is 6.54 Å². The SMILES string of the molecule is CN(Cc1ccccc1)C(=O)c1cccnc1-c1nc2ccccc2s1. The molecule has 0 saturated heterocycles. The number of pyridine rings is 1. The van der Waals surface area contributed by atoms with Crippen LogP contribution in [-0.4, -0.2) is 27.8 Å². The van der Waals surface area contributed by atoms with Gasteiger partial charge in [-0.3, -0.25) is 9.78 Å². The quantitative estimate of drug-likeness (QED) is 0.534. The van der Waals surface area contributed by atoms with Gasteiger partial charge in [0.1, 0.15) is 10.7 Å². The molecule has 128 valence electrons. The molecule has 2 aromatic heterocycles. The van der Waals surface area contributed by atoms with Gasteiger partial charge in [0.05, 0.1) is 15.8 Å². The van der Waals surface area contributed by atoms with Crippen LogP contribution >= 0.6 is 11.3 Å². The number of para-hydroxylation sites is 1. The summed E-state index contributed by atoms with van der Waals surface area (Å²) in [5.41, 5.74) is 3.23. The fourth-order valence-electron chi connectivity index (χ4n) is 2.86. The molecule has 0 fully saturated rings. The van der Waals surface area contributed by atoms with Gasteiger partial charge in [0.25, 0.3) is 5.91 Å². The lowest BCUT2D eigenvalue weighted by Crippen LogP contribution is -2.26. The summed E-state index contributed by atoms with van der Waals surface area (Å²) < 4.78 is 1.09. The highest BCUT2D eigenvalue weighted by atomic mass is 32.1. The zero-order valence-corrected chi connectivity index (χ0v) is 15.1. The summed E-state index contributed by atoms with van der Waals surface area (Å²) in [5, 5.41) is 0.767. The molecule has 2 aromatic carbocycles. The highest BCUT2D eigenvalue weighted by Crippen LogP contribution is 2.31. The van der Waals surface area contributed by atoms with Crippen molar-refractivity contribution in [2.75, 3.05) is 7.05 Å². The van der Waals surface area contributed by atoms with Crippen molar-refractivity contribution in [3.8, 4) is 10.7 Å². The van der Waals surface area contributed by atoms with Crippen molar-refractivity contribution >= 4 is 27.5 Å². The molecule has 26 heavy (non-hydrogen) atoms. The molecule has 0 aliphatic rings. The summed E-state index contributed by atoms with van der Waals surface area (Å²) in [6.45, 7) is 0.549. The fourth-order valence-corrected chi connectivity index (χ4v) is 3.83. The topological polar surface area (TPSA) is 46.1 Å². The van der Waals surface area contributed by atoms with Gasteiger partial charge in [0.2, 0.25) is 0 Å². The second kappa shape index (κ2) is 7.06.